The molecule has 0 aliphatic heterocycles. The first-order valence-electron chi connectivity index (χ1n) is 6.76. The van der Waals surface area contributed by atoms with E-state index in [1.165, 1.54) is 0 Å². The highest BCUT2D eigenvalue weighted by Crippen LogP contribution is 2.15. The summed E-state index contributed by atoms with van der Waals surface area (Å²) >= 11 is 0. The second-order valence-corrected chi connectivity index (χ2v) is 6.09. The van der Waals surface area contributed by atoms with Gasteiger partial charge >= 0.3 is 0 Å². The third-order valence-corrected chi connectivity index (χ3v) is 4.52. The summed E-state index contributed by atoms with van der Waals surface area (Å²) < 4.78 is 27.5. The molecule has 0 heterocycles. The van der Waals surface area contributed by atoms with Crippen molar-refractivity contribution in [2.75, 3.05) is 6.61 Å². The molecule has 1 aromatic carbocycles. The number of nitrogens with one attached hydrogen (secondary N) is 1. The second kappa shape index (κ2) is 8.05. The van der Waals surface area contributed by atoms with Gasteiger partial charge in [-0.2, -0.15) is 0 Å². The van der Waals surface area contributed by atoms with Crippen molar-refractivity contribution in [2.24, 2.45) is 0 Å². The van der Waals surface area contributed by atoms with Gasteiger partial charge in [-0.3, -0.25) is 0 Å². The summed E-state index contributed by atoms with van der Waals surface area (Å²) in [5, 5.41) is 8.72. The summed E-state index contributed by atoms with van der Waals surface area (Å²) in [7, 11) is -3.57. The van der Waals surface area contributed by atoms with Gasteiger partial charge < -0.3 is 5.11 Å². The Morgan fingerprint density at radius 3 is 2.50 bits per heavy atom. The summed E-state index contributed by atoms with van der Waals surface area (Å²) in [6.45, 7) is 3.86. The number of aliphatic hydroxyl groups is 1. The Labute approximate surface area is 121 Å². The molecule has 0 unspecified atom stereocenters. The Morgan fingerprint density at radius 1 is 1.25 bits per heavy atom. The van der Waals surface area contributed by atoms with Crippen LogP contribution >= 0.6 is 0 Å². The molecule has 0 radical (unpaired) electrons. The molecule has 5 heteroatoms. The zero-order chi connectivity index (χ0) is 15.0. The van der Waals surface area contributed by atoms with Crippen LogP contribution in [0.5, 0.6) is 0 Å². The van der Waals surface area contributed by atoms with E-state index in [0.29, 0.717) is 12.0 Å². The predicted molar refractivity (Wildman–Crippen MR) is 79.7 cm³/mol. The van der Waals surface area contributed by atoms with Crippen LogP contribution in [0, 0.1) is 11.8 Å². The Kier molecular flexibility index (Phi) is 6.73. The quantitative estimate of drug-likeness (QED) is 0.788. The molecule has 2 N–H and O–H groups in total. The van der Waals surface area contributed by atoms with Crippen LogP contribution in [0.25, 0.3) is 0 Å². The lowest BCUT2D eigenvalue weighted by Crippen LogP contribution is -2.34. The maximum absolute atomic E-state index is 12.4. The highest BCUT2D eigenvalue weighted by atomic mass is 32.2. The van der Waals surface area contributed by atoms with E-state index >= 15 is 0 Å². The molecule has 0 aromatic heterocycles. The van der Waals surface area contributed by atoms with Crippen molar-refractivity contribution in [3.63, 3.8) is 0 Å². The molecule has 0 saturated carbocycles. The smallest absolute Gasteiger partial charge is 0.242 e. The van der Waals surface area contributed by atoms with Crippen molar-refractivity contribution >= 4 is 10.0 Å². The fraction of sp³-hybridized carbons (Fsp3) is 0.467. The Bertz CT molecular complexity index is 581. The molecule has 0 aliphatic rings. The summed E-state index contributed by atoms with van der Waals surface area (Å²) in [6, 6.07) is 6.58. The molecule has 0 amide bonds. The Hall–Kier alpha value is -1.35. The monoisotopic (exact) mass is 295 g/mol. The molecule has 0 saturated heterocycles. The third-order valence-electron chi connectivity index (χ3n) is 2.94. The zero-order valence-electron chi connectivity index (χ0n) is 11.9. The normalized spacial score (nSPS) is 11.2. The molecule has 20 heavy (non-hydrogen) atoms. The minimum absolute atomic E-state index is 0.0338. The first-order chi connectivity index (χ1) is 9.55. The zero-order valence-corrected chi connectivity index (χ0v) is 12.7. The number of hydrogen-bond donors (Lipinski definition) is 2. The van der Waals surface area contributed by atoms with E-state index in [1.807, 2.05) is 13.8 Å². The minimum Gasteiger partial charge on any atom is -0.395 e. The maximum Gasteiger partial charge on any atom is 0.242 e. The fourth-order valence-corrected chi connectivity index (χ4v) is 3.32. The van der Waals surface area contributed by atoms with Crippen molar-refractivity contribution in [3.05, 3.63) is 29.8 Å². The number of sulfonamides is 1. The summed E-state index contributed by atoms with van der Waals surface area (Å²) in [4.78, 5) is 0.192. The van der Waals surface area contributed by atoms with Gasteiger partial charge in [0.1, 0.15) is 0 Å². The van der Waals surface area contributed by atoms with Gasteiger partial charge in [-0.15, -0.1) is 0 Å². The molecule has 0 spiro atoms. The molecule has 0 aliphatic carbocycles. The van der Waals surface area contributed by atoms with E-state index in [-0.39, 0.29) is 17.5 Å². The van der Waals surface area contributed by atoms with Crippen molar-refractivity contribution in [1.82, 2.24) is 4.72 Å². The average molecular weight is 295 g/mol. The van der Waals surface area contributed by atoms with Gasteiger partial charge in [0.05, 0.1) is 11.5 Å². The van der Waals surface area contributed by atoms with E-state index in [2.05, 4.69) is 16.6 Å². The molecular weight excluding hydrogens is 274 g/mol. The lowest BCUT2D eigenvalue weighted by atomic mass is 10.2. The van der Waals surface area contributed by atoms with Crippen LogP contribution in [0.1, 0.15) is 38.7 Å². The molecule has 0 atom stereocenters. The highest BCUT2D eigenvalue weighted by molar-refractivity contribution is 7.89. The van der Waals surface area contributed by atoms with E-state index in [4.69, 9.17) is 5.11 Å². The second-order valence-electron chi connectivity index (χ2n) is 4.41. The van der Waals surface area contributed by atoms with E-state index in [9.17, 15) is 8.42 Å². The van der Waals surface area contributed by atoms with Gasteiger partial charge in [0.15, 0.2) is 0 Å². The minimum atomic E-state index is -3.57. The van der Waals surface area contributed by atoms with Gasteiger partial charge in [-0.25, -0.2) is 13.1 Å². The van der Waals surface area contributed by atoms with Crippen LogP contribution < -0.4 is 4.72 Å². The SMILES string of the molecule is CCC(CC)NS(=O)(=O)c1ccccc1C#CCCO. The Morgan fingerprint density at radius 2 is 1.90 bits per heavy atom. The van der Waals surface area contributed by atoms with Crippen LogP contribution in [0.2, 0.25) is 0 Å². The van der Waals surface area contributed by atoms with Gasteiger partial charge in [-0.05, 0) is 25.0 Å². The van der Waals surface area contributed by atoms with Crippen LogP contribution in [-0.4, -0.2) is 26.2 Å². The molecule has 1 rings (SSSR count). The molecule has 0 bridgehead atoms. The first kappa shape index (κ1) is 16.7. The standard InChI is InChI=1S/C15H21NO3S/c1-3-14(4-2)16-20(18,19)15-11-6-5-9-13(15)10-7-8-12-17/h5-6,9,11,14,16-17H,3-4,8,12H2,1-2H3. The summed E-state index contributed by atoms with van der Waals surface area (Å²) in [6.07, 6.45) is 1.82. The summed E-state index contributed by atoms with van der Waals surface area (Å²) in [5.74, 6) is 5.55. The third kappa shape index (κ3) is 4.64. The number of aliphatic hydroxyl groups excluding tert-OH is 1. The van der Waals surface area contributed by atoms with Crippen LogP contribution in [0.3, 0.4) is 0 Å². The molecule has 4 nitrogen and oxygen atoms in total. The Balaban J connectivity index is 3.10. The fourth-order valence-electron chi connectivity index (χ4n) is 1.76. The largest absolute Gasteiger partial charge is 0.395 e. The van der Waals surface area contributed by atoms with Crippen LogP contribution in [0.15, 0.2) is 29.2 Å². The first-order valence-corrected chi connectivity index (χ1v) is 8.24. The lowest BCUT2D eigenvalue weighted by molar-refractivity contribution is 0.305. The summed E-state index contributed by atoms with van der Waals surface area (Å²) in [5.41, 5.74) is 0.458. The molecule has 1 aromatic rings. The van der Waals surface area contributed by atoms with E-state index in [0.717, 1.165) is 12.8 Å². The van der Waals surface area contributed by atoms with Crippen molar-refractivity contribution in [2.45, 2.75) is 44.0 Å². The van der Waals surface area contributed by atoms with Gasteiger partial charge in [-0.1, -0.05) is 37.8 Å². The maximum atomic E-state index is 12.4. The number of benzene rings is 1. The van der Waals surface area contributed by atoms with Gasteiger partial charge in [0, 0.05) is 18.0 Å². The highest BCUT2D eigenvalue weighted by Gasteiger charge is 2.20. The average Bonchev–Trinajstić information content (AvgIpc) is 2.45. The van der Waals surface area contributed by atoms with Crippen LogP contribution in [0.4, 0.5) is 0 Å². The van der Waals surface area contributed by atoms with Crippen molar-refractivity contribution < 1.29 is 13.5 Å². The molecular formula is C15H21NO3S. The van der Waals surface area contributed by atoms with E-state index in [1.54, 1.807) is 24.3 Å². The van der Waals surface area contributed by atoms with Crippen LogP contribution in [-0.2, 0) is 10.0 Å². The lowest BCUT2D eigenvalue weighted by Gasteiger charge is -2.15. The predicted octanol–water partition coefficient (Wildman–Crippen LogP) is 1.89. The van der Waals surface area contributed by atoms with Gasteiger partial charge in [0.25, 0.3) is 0 Å². The van der Waals surface area contributed by atoms with E-state index < -0.39 is 10.0 Å². The molecule has 0 fully saturated rings. The van der Waals surface area contributed by atoms with Crippen molar-refractivity contribution in [1.29, 1.82) is 0 Å². The topological polar surface area (TPSA) is 66.4 Å². The van der Waals surface area contributed by atoms with Gasteiger partial charge in [0.2, 0.25) is 10.0 Å². The van der Waals surface area contributed by atoms with Crippen molar-refractivity contribution in [3.8, 4) is 11.8 Å². The number of hydrogen-bond acceptors (Lipinski definition) is 3. The molecule has 110 valence electrons. The number of rotatable bonds is 6.